The van der Waals surface area contributed by atoms with Gasteiger partial charge in [-0.15, -0.1) is 0 Å². The van der Waals surface area contributed by atoms with Gasteiger partial charge in [0.15, 0.2) is 0 Å². The lowest BCUT2D eigenvalue weighted by atomic mass is 10.1. The number of nitrogens with one attached hydrogen (secondary N) is 1. The van der Waals surface area contributed by atoms with Crippen molar-refractivity contribution >= 4 is 29.0 Å². The standard InChI is InChI=1S/C14H15N3O3/c1-16-11-8-9(2-3-10(11)13(19)14(16)20)17-6-4-12(18)15-5-7-17/h2-3,8H,4-7H2,1H3,(H,15,18). The first kappa shape index (κ1) is 12.7. The number of amides is 2. The Bertz CT molecular complexity index is 612. The molecule has 6 nitrogen and oxygen atoms in total. The fraction of sp³-hybridized carbons (Fsp3) is 0.357. The Labute approximate surface area is 116 Å². The zero-order valence-electron chi connectivity index (χ0n) is 11.2. The lowest BCUT2D eigenvalue weighted by Crippen LogP contribution is -2.28. The minimum atomic E-state index is -0.495. The van der Waals surface area contributed by atoms with Crippen LogP contribution in [0, 0.1) is 0 Å². The molecule has 1 N–H and O–H groups in total. The number of fused-ring (bicyclic) bond motifs is 1. The van der Waals surface area contributed by atoms with Gasteiger partial charge in [-0.05, 0) is 18.2 Å². The maximum absolute atomic E-state index is 11.7. The topological polar surface area (TPSA) is 69.7 Å². The number of rotatable bonds is 1. The van der Waals surface area contributed by atoms with E-state index in [4.69, 9.17) is 0 Å². The van der Waals surface area contributed by atoms with Gasteiger partial charge < -0.3 is 15.1 Å². The minimum Gasteiger partial charge on any atom is -0.369 e. The van der Waals surface area contributed by atoms with Crippen molar-refractivity contribution in [3.05, 3.63) is 23.8 Å². The maximum Gasteiger partial charge on any atom is 0.299 e. The number of carbonyl (C=O) groups is 3. The number of hydrogen-bond donors (Lipinski definition) is 1. The highest BCUT2D eigenvalue weighted by molar-refractivity contribution is 6.52. The molecular formula is C14H15N3O3. The average Bonchev–Trinajstić information content (AvgIpc) is 2.64. The Morgan fingerprint density at radius 3 is 2.75 bits per heavy atom. The summed E-state index contributed by atoms with van der Waals surface area (Å²) in [6.07, 6.45) is 0.449. The number of anilines is 2. The Morgan fingerprint density at radius 1 is 1.15 bits per heavy atom. The molecule has 2 aliphatic rings. The molecule has 0 aromatic heterocycles. The van der Waals surface area contributed by atoms with Crippen LogP contribution >= 0.6 is 0 Å². The van der Waals surface area contributed by atoms with Gasteiger partial charge in [0.25, 0.3) is 11.7 Å². The Kier molecular flexibility index (Phi) is 2.93. The van der Waals surface area contributed by atoms with Gasteiger partial charge in [-0.2, -0.15) is 0 Å². The molecule has 0 saturated carbocycles. The number of likely N-dealkylation sites (N-methyl/N-ethyl adjacent to an activating group) is 1. The SMILES string of the molecule is CN1C(=O)C(=O)c2ccc(N3CCNC(=O)CC3)cc21. The van der Waals surface area contributed by atoms with E-state index in [1.165, 1.54) is 4.90 Å². The second-order valence-electron chi connectivity index (χ2n) is 4.98. The number of carbonyl (C=O) groups excluding carboxylic acids is 3. The number of benzene rings is 1. The van der Waals surface area contributed by atoms with Crippen molar-refractivity contribution in [2.75, 3.05) is 36.5 Å². The summed E-state index contributed by atoms with van der Waals surface area (Å²) in [5.74, 6) is -0.900. The second kappa shape index (κ2) is 4.63. The van der Waals surface area contributed by atoms with Gasteiger partial charge in [0.1, 0.15) is 0 Å². The van der Waals surface area contributed by atoms with E-state index in [1.807, 2.05) is 12.1 Å². The van der Waals surface area contributed by atoms with E-state index in [2.05, 4.69) is 10.2 Å². The zero-order chi connectivity index (χ0) is 14.3. The number of ketones is 1. The van der Waals surface area contributed by atoms with Crippen molar-refractivity contribution in [2.24, 2.45) is 0 Å². The Hall–Kier alpha value is -2.37. The van der Waals surface area contributed by atoms with Gasteiger partial charge in [-0.25, -0.2) is 0 Å². The molecule has 2 aliphatic heterocycles. The van der Waals surface area contributed by atoms with Gasteiger partial charge in [-0.3, -0.25) is 14.4 Å². The summed E-state index contributed by atoms with van der Waals surface area (Å²) in [6.45, 7) is 1.95. The molecule has 3 rings (SSSR count). The largest absolute Gasteiger partial charge is 0.369 e. The quantitative estimate of drug-likeness (QED) is 0.741. The maximum atomic E-state index is 11.7. The third kappa shape index (κ3) is 1.93. The summed E-state index contributed by atoms with van der Waals surface area (Å²) in [5, 5.41) is 2.82. The van der Waals surface area contributed by atoms with Crippen LogP contribution < -0.4 is 15.1 Å². The molecule has 1 aromatic carbocycles. The highest BCUT2D eigenvalue weighted by Gasteiger charge is 2.33. The van der Waals surface area contributed by atoms with Crippen molar-refractivity contribution in [2.45, 2.75) is 6.42 Å². The molecule has 0 atom stereocenters. The van der Waals surface area contributed by atoms with Crippen molar-refractivity contribution in [1.82, 2.24) is 5.32 Å². The van der Waals surface area contributed by atoms with Gasteiger partial charge in [0.2, 0.25) is 5.91 Å². The van der Waals surface area contributed by atoms with Gasteiger partial charge >= 0.3 is 0 Å². The van der Waals surface area contributed by atoms with E-state index in [0.717, 1.165) is 12.2 Å². The summed E-state index contributed by atoms with van der Waals surface area (Å²) in [7, 11) is 1.60. The second-order valence-corrected chi connectivity index (χ2v) is 4.98. The van der Waals surface area contributed by atoms with E-state index >= 15 is 0 Å². The van der Waals surface area contributed by atoms with Gasteiger partial charge in [0, 0.05) is 38.8 Å². The summed E-state index contributed by atoms with van der Waals surface area (Å²) in [5.41, 5.74) is 2.01. The first-order valence-electron chi connectivity index (χ1n) is 6.56. The minimum absolute atomic E-state index is 0.0520. The summed E-state index contributed by atoms with van der Waals surface area (Å²) in [4.78, 5) is 38.2. The van der Waals surface area contributed by atoms with E-state index in [0.29, 0.717) is 30.8 Å². The monoisotopic (exact) mass is 273 g/mol. The fourth-order valence-electron chi connectivity index (χ4n) is 2.59. The number of nitrogens with zero attached hydrogens (tertiary/aromatic N) is 2. The zero-order valence-corrected chi connectivity index (χ0v) is 11.2. The van der Waals surface area contributed by atoms with Crippen molar-refractivity contribution in [1.29, 1.82) is 0 Å². The normalized spacial score (nSPS) is 18.9. The fourth-order valence-corrected chi connectivity index (χ4v) is 2.59. The molecule has 104 valence electrons. The highest BCUT2D eigenvalue weighted by Crippen LogP contribution is 2.32. The molecule has 0 unspecified atom stereocenters. The lowest BCUT2D eigenvalue weighted by Gasteiger charge is -2.23. The molecule has 1 saturated heterocycles. The smallest absolute Gasteiger partial charge is 0.299 e. The Morgan fingerprint density at radius 2 is 1.95 bits per heavy atom. The van der Waals surface area contributed by atoms with Crippen LogP contribution in [0.5, 0.6) is 0 Å². The van der Waals surface area contributed by atoms with E-state index in [-0.39, 0.29) is 5.91 Å². The van der Waals surface area contributed by atoms with E-state index in [9.17, 15) is 14.4 Å². The molecule has 2 amide bonds. The summed E-state index contributed by atoms with van der Waals surface area (Å²) in [6, 6.07) is 5.36. The van der Waals surface area contributed by atoms with Crippen molar-refractivity contribution < 1.29 is 14.4 Å². The predicted octanol–water partition coefficient (Wildman–Crippen LogP) is 0.172. The molecule has 0 bridgehead atoms. The van der Waals surface area contributed by atoms with Crippen molar-refractivity contribution in [3.63, 3.8) is 0 Å². The molecule has 1 fully saturated rings. The Balaban J connectivity index is 1.92. The molecular weight excluding hydrogens is 258 g/mol. The van der Waals surface area contributed by atoms with Crippen LogP contribution in [0.3, 0.4) is 0 Å². The number of hydrogen-bond acceptors (Lipinski definition) is 4. The van der Waals surface area contributed by atoms with Crippen LogP contribution in [0.25, 0.3) is 0 Å². The molecule has 20 heavy (non-hydrogen) atoms. The van der Waals surface area contributed by atoms with Crippen LogP contribution in [0.1, 0.15) is 16.8 Å². The molecule has 2 heterocycles. The van der Waals surface area contributed by atoms with E-state index in [1.54, 1.807) is 13.1 Å². The molecule has 6 heteroatoms. The third-order valence-corrected chi connectivity index (χ3v) is 3.76. The molecule has 1 aromatic rings. The third-order valence-electron chi connectivity index (χ3n) is 3.76. The molecule has 0 spiro atoms. The van der Waals surface area contributed by atoms with E-state index < -0.39 is 11.7 Å². The number of Topliss-reactive ketones (excluding diaryl/α,β-unsaturated/α-hetero) is 1. The lowest BCUT2D eigenvalue weighted by molar-refractivity contribution is -0.120. The molecule has 0 aliphatic carbocycles. The first-order valence-corrected chi connectivity index (χ1v) is 6.56. The highest BCUT2D eigenvalue weighted by atomic mass is 16.2. The van der Waals surface area contributed by atoms with Gasteiger partial charge in [-0.1, -0.05) is 0 Å². The van der Waals surface area contributed by atoms with Crippen LogP contribution in [-0.4, -0.2) is 44.3 Å². The molecule has 0 radical (unpaired) electrons. The van der Waals surface area contributed by atoms with Crippen LogP contribution in [0.4, 0.5) is 11.4 Å². The van der Waals surface area contributed by atoms with Crippen molar-refractivity contribution in [3.8, 4) is 0 Å². The summed E-state index contributed by atoms with van der Waals surface area (Å²) < 4.78 is 0. The van der Waals surface area contributed by atoms with Gasteiger partial charge in [0.05, 0.1) is 11.3 Å². The van der Waals surface area contributed by atoms with Crippen LogP contribution in [0.15, 0.2) is 18.2 Å². The summed E-state index contributed by atoms with van der Waals surface area (Å²) >= 11 is 0. The predicted molar refractivity (Wildman–Crippen MR) is 74.0 cm³/mol. The van der Waals surface area contributed by atoms with Crippen LogP contribution in [0.2, 0.25) is 0 Å². The van der Waals surface area contributed by atoms with Crippen LogP contribution in [-0.2, 0) is 9.59 Å². The average molecular weight is 273 g/mol. The first-order chi connectivity index (χ1) is 9.58.